The fraction of sp³-hybridized carbons (Fsp3) is 0. The highest BCUT2D eigenvalue weighted by molar-refractivity contribution is 9.10. The summed E-state index contributed by atoms with van der Waals surface area (Å²) in [7, 11) is -3.91. The van der Waals surface area contributed by atoms with Crippen LogP contribution in [0.25, 0.3) is 0 Å². The molecule has 0 saturated carbocycles. The van der Waals surface area contributed by atoms with Gasteiger partial charge in [0.05, 0.1) is 5.69 Å². The molecule has 0 aliphatic carbocycles. The fourth-order valence-corrected chi connectivity index (χ4v) is 2.44. The summed E-state index contributed by atoms with van der Waals surface area (Å²) in [4.78, 5) is 15.8. The average molecular weight is 356 g/mol. The van der Waals surface area contributed by atoms with Crippen LogP contribution >= 0.6 is 15.9 Å². The first-order chi connectivity index (χ1) is 9.38. The van der Waals surface area contributed by atoms with Gasteiger partial charge in [-0.2, -0.15) is 0 Å². The number of anilines is 1. The number of amides is 1. The van der Waals surface area contributed by atoms with Crippen LogP contribution in [0.4, 0.5) is 5.69 Å². The number of hydrogen-bond donors (Lipinski definition) is 2. The van der Waals surface area contributed by atoms with Gasteiger partial charge in [-0.25, -0.2) is 18.5 Å². The van der Waals surface area contributed by atoms with Crippen LogP contribution in [-0.2, 0) is 10.0 Å². The van der Waals surface area contributed by atoms with Crippen LogP contribution in [-0.4, -0.2) is 19.3 Å². The average Bonchev–Trinajstić information content (AvgIpc) is 2.38. The lowest BCUT2D eigenvalue weighted by atomic mass is 10.3. The number of aromatic nitrogens is 1. The number of pyridine rings is 1. The van der Waals surface area contributed by atoms with Crippen molar-refractivity contribution in [2.45, 2.75) is 4.90 Å². The molecule has 0 radical (unpaired) electrons. The van der Waals surface area contributed by atoms with Crippen LogP contribution in [0.3, 0.4) is 0 Å². The molecule has 1 aromatic heterocycles. The van der Waals surface area contributed by atoms with Crippen molar-refractivity contribution in [1.29, 1.82) is 0 Å². The zero-order chi connectivity index (χ0) is 14.8. The summed E-state index contributed by atoms with van der Waals surface area (Å²) in [5.41, 5.74) is 0.280. The summed E-state index contributed by atoms with van der Waals surface area (Å²) < 4.78 is 23.6. The number of para-hydroxylation sites is 1. The molecule has 1 aromatic carbocycles. The molecule has 20 heavy (non-hydrogen) atoms. The summed E-state index contributed by atoms with van der Waals surface area (Å²) in [6, 6.07) is 9.06. The molecule has 0 saturated heterocycles. The molecule has 0 bridgehead atoms. The lowest BCUT2D eigenvalue weighted by Crippen LogP contribution is -2.19. The minimum absolute atomic E-state index is 0.115. The van der Waals surface area contributed by atoms with Crippen LogP contribution in [0.1, 0.15) is 10.5 Å². The third kappa shape index (κ3) is 3.41. The van der Waals surface area contributed by atoms with E-state index in [-0.39, 0.29) is 16.3 Å². The Balaban J connectivity index is 2.31. The third-order valence-electron chi connectivity index (χ3n) is 2.40. The van der Waals surface area contributed by atoms with Crippen molar-refractivity contribution in [2.24, 2.45) is 5.14 Å². The fourth-order valence-electron chi connectivity index (χ4n) is 1.51. The highest BCUT2D eigenvalue weighted by atomic mass is 79.9. The van der Waals surface area contributed by atoms with E-state index >= 15 is 0 Å². The second kappa shape index (κ2) is 5.70. The maximum atomic E-state index is 12.0. The predicted octanol–water partition coefficient (Wildman–Crippen LogP) is 1.74. The van der Waals surface area contributed by atoms with Crippen molar-refractivity contribution >= 4 is 37.5 Å². The summed E-state index contributed by atoms with van der Waals surface area (Å²) in [6.45, 7) is 0. The topological polar surface area (TPSA) is 102 Å². The summed E-state index contributed by atoms with van der Waals surface area (Å²) in [5, 5.41) is 7.57. The molecule has 0 spiro atoms. The normalized spacial score (nSPS) is 11.1. The Bertz CT molecular complexity index is 745. The van der Waals surface area contributed by atoms with E-state index in [1.54, 1.807) is 12.1 Å². The Morgan fingerprint density at radius 3 is 2.50 bits per heavy atom. The molecule has 0 unspecified atom stereocenters. The van der Waals surface area contributed by atoms with Gasteiger partial charge in [-0.05, 0) is 40.2 Å². The number of carbonyl (C=O) groups excluding carboxylic acids is 1. The number of sulfonamides is 1. The molecular weight excluding hydrogens is 346 g/mol. The predicted molar refractivity (Wildman–Crippen MR) is 77.7 cm³/mol. The van der Waals surface area contributed by atoms with Crippen molar-refractivity contribution < 1.29 is 13.2 Å². The van der Waals surface area contributed by atoms with Gasteiger partial charge >= 0.3 is 0 Å². The van der Waals surface area contributed by atoms with E-state index in [2.05, 4.69) is 26.2 Å². The van der Waals surface area contributed by atoms with Gasteiger partial charge in [0, 0.05) is 10.7 Å². The van der Waals surface area contributed by atoms with Crippen LogP contribution in [0.15, 0.2) is 52.0 Å². The number of carbonyl (C=O) groups is 1. The first-order valence-electron chi connectivity index (χ1n) is 5.42. The minimum Gasteiger partial charge on any atom is -0.319 e. The molecule has 104 valence electrons. The molecule has 1 heterocycles. The van der Waals surface area contributed by atoms with Crippen molar-refractivity contribution in [3.8, 4) is 0 Å². The highest BCUT2D eigenvalue weighted by Crippen LogP contribution is 2.20. The second-order valence-electron chi connectivity index (χ2n) is 3.86. The SMILES string of the molecule is NS(=O)(=O)c1ccccc1NC(=O)c1ccc(Br)cn1. The van der Waals surface area contributed by atoms with E-state index in [0.717, 1.165) is 4.47 Å². The van der Waals surface area contributed by atoms with Crippen molar-refractivity contribution in [2.75, 3.05) is 5.32 Å². The molecule has 0 aliphatic rings. The quantitative estimate of drug-likeness (QED) is 0.875. The van der Waals surface area contributed by atoms with Crippen molar-refractivity contribution in [3.05, 3.63) is 52.8 Å². The van der Waals surface area contributed by atoms with Gasteiger partial charge in [-0.1, -0.05) is 12.1 Å². The van der Waals surface area contributed by atoms with Crippen molar-refractivity contribution in [1.82, 2.24) is 4.98 Å². The Morgan fingerprint density at radius 2 is 1.90 bits per heavy atom. The van der Waals surface area contributed by atoms with Gasteiger partial charge in [-0.15, -0.1) is 0 Å². The van der Waals surface area contributed by atoms with Gasteiger partial charge in [0.25, 0.3) is 5.91 Å². The lowest BCUT2D eigenvalue weighted by Gasteiger charge is -2.09. The number of benzene rings is 1. The lowest BCUT2D eigenvalue weighted by molar-refractivity contribution is 0.102. The van der Waals surface area contributed by atoms with E-state index in [1.165, 1.54) is 30.5 Å². The summed E-state index contributed by atoms with van der Waals surface area (Å²) in [5.74, 6) is -0.520. The van der Waals surface area contributed by atoms with E-state index in [1.807, 2.05) is 0 Å². The van der Waals surface area contributed by atoms with Crippen molar-refractivity contribution in [3.63, 3.8) is 0 Å². The molecule has 8 heteroatoms. The Hall–Kier alpha value is -1.77. The van der Waals surface area contributed by atoms with Crippen LogP contribution < -0.4 is 10.5 Å². The van der Waals surface area contributed by atoms with Gasteiger partial charge in [0.1, 0.15) is 10.6 Å². The number of hydrogen-bond acceptors (Lipinski definition) is 4. The number of primary sulfonamides is 1. The monoisotopic (exact) mass is 355 g/mol. The standard InChI is InChI=1S/C12H10BrN3O3S/c13-8-5-6-10(15-7-8)12(17)16-9-3-1-2-4-11(9)20(14,18)19/h1-7H,(H,16,17)(H2,14,18,19). The van der Waals surface area contributed by atoms with E-state index in [4.69, 9.17) is 5.14 Å². The second-order valence-corrected chi connectivity index (χ2v) is 6.30. The maximum absolute atomic E-state index is 12.0. The first kappa shape index (κ1) is 14.6. The molecule has 0 fully saturated rings. The van der Waals surface area contributed by atoms with E-state index in [9.17, 15) is 13.2 Å². The summed E-state index contributed by atoms with van der Waals surface area (Å²) >= 11 is 3.21. The first-order valence-corrected chi connectivity index (χ1v) is 7.76. The van der Waals surface area contributed by atoms with Gasteiger partial charge in [-0.3, -0.25) is 4.79 Å². The Labute approximate surface area is 124 Å². The molecular formula is C12H10BrN3O3S. The third-order valence-corrected chi connectivity index (χ3v) is 3.84. The van der Waals surface area contributed by atoms with E-state index < -0.39 is 15.9 Å². The molecule has 0 atom stereocenters. The smallest absolute Gasteiger partial charge is 0.274 e. The Kier molecular flexibility index (Phi) is 4.17. The number of nitrogens with one attached hydrogen (secondary N) is 1. The van der Waals surface area contributed by atoms with E-state index in [0.29, 0.717) is 0 Å². The zero-order valence-corrected chi connectivity index (χ0v) is 12.5. The molecule has 3 N–H and O–H groups in total. The van der Waals surface area contributed by atoms with Crippen LogP contribution in [0.2, 0.25) is 0 Å². The number of nitrogens with zero attached hydrogens (tertiary/aromatic N) is 1. The summed E-state index contributed by atoms with van der Waals surface area (Å²) in [6.07, 6.45) is 1.47. The van der Waals surface area contributed by atoms with Crippen LogP contribution in [0, 0.1) is 0 Å². The maximum Gasteiger partial charge on any atom is 0.274 e. The minimum atomic E-state index is -3.91. The molecule has 6 nitrogen and oxygen atoms in total. The van der Waals surface area contributed by atoms with Gasteiger partial charge in [0.15, 0.2) is 0 Å². The van der Waals surface area contributed by atoms with Crippen LogP contribution in [0.5, 0.6) is 0 Å². The van der Waals surface area contributed by atoms with Gasteiger partial charge < -0.3 is 5.32 Å². The highest BCUT2D eigenvalue weighted by Gasteiger charge is 2.16. The largest absolute Gasteiger partial charge is 0.319 e. The zero-order valence-electron chi connectivity index (χ0n) is 10.1. The molecule has 0 aliphatic heterocycles. The Morgan fingerprint density at radius 1 is 1.20 bits per heavy atom. The number of nitrogens with two attached hydrogens (primary N) is 1. The number of halogens is 1. The number of rotatable bonds is 3. The molecule has 1 amide bonds. The molecule has 2 aromatic rings. The molecule has 2 rings (SSSR count). The van der Waals surface area contributed by atoms with Gasteiger partial charge in [0.2, 0.25) is 10.0 Å².